The topological polar surface area (TPSA) is 44.4 Å². The third-order valence-corrected chi connectivity index (χ3v) is 4.50. The zero-order valence-corrected chi connectivity index (χ0v) is 13.9. The molecule has 0 spiro atoms. The van der Waals surface area contributed by atoms with Gasteiger partial charge in [-0.2, -0.15) is 0 Å². The smallest absolute Gasteiger partial charge is 0.223 e. The number of rotatable bonds is 7. The van der Waals surface area contributed by atoms with Gasteiger partial charge in [-0.3, -0.25) is 15.6 Å². The first-order valence-electron chi connectivity index (χ1n) is 8.15. The first-order chi connectivity index (χ1) is 11.0. The summed E-state index contributed by atoms with van der Waals surface area (Å²) in [6, 6.07) is 7.00. The fourth-order valence-corrected chi connectivity index (χ4v) is 3.08. The summed E-state index contributed by atoms with van der Waals surface area (Å²) in [4.78, 5) is 14.3. The number of halogens is 1. The highest BCUT2D eigenvalue weighted by Crippen LogP contribution is 2.21. The van der Waals surface area contributed by atoms with Crippen molar-refractivity contribution in [2.75, 3.05) is 6.54 Å². The lowest BCUT2D eigenvalue weighted by Crippen LogP contribution is -2.32. The molecule has 1 heterocycles. The van der Waals surface area contributed by atoms with Crippen molar-refractivity contribution in [1.29, 1.82) is 0 Å². The van der Waals surface area contributed by atoms with Gasteiger partial charge >= 0.3 is 0 Å². The second-order valence-corrected chi connectivity index (χ2v) is 6.26. The summed E-state index contributed by atoms with van der Waals surface area (Å²) in [6.07, 6.45) is 3.08. The summed E-state index contributed by atoms with van der Waals surface area (Å²) in [5.41, 5.74) is 7.36. The third kappa shape index (κ3) is 4.88. The van der Waals surface area contributed by atoms with E-state index in [2.05, 4.69) is 31.3 Å². The molecule has 2 atom stereocenters. The molecule has 1 aliphatic heterocycles. The number of benzene rings is 1. The van der Waals surface area contributed by atoms with Crippen LogP contribution >= 0.6 is 0 Å². The van der Waals surface area contributed by atoms with E-state index in [0.717, 1.165) is 12.0 Å². The van der Waals surface area contributed by atoms with E-state index in [4.69, 9.17) is 0 Å². The Kier molecular flexibility index (Phi) is 6.30. The van der Waals surface area contributed by atoms with Crippen LogP contribution in [0.25, 0.3) is 0 Å². The normalized spacial score (nSPS) is 23.7. The molecule has 0 bridgehead atoms. The van der Waals surface area contributed by atoms with Gasteiger partial charge in [-0.05, 0) is 43.9 Å². The quantitative estimate of drug-likeness (QED) is 0.759. The molecule has 1 aromatic carbocycles. The predicted molar refractivity (Wildman–Crippen MR) is 89.9 cm³/mol. The van der Waals surface area contributed by atoms with Crippen molar-refractivity contribution >= 4 is 5.91 Å². The zero-order chi connectivity index (χ0) is 16.8. The molecule has 0 radical (unpaired) electrons. The van der Waals surface area contributed by atoms with Gasteiger partial charge < -0.3 is 4.90 Å². The fraction of sp³-hybridized carbons (Fsp3) is 0.500. The average molecular weight is 319 g/mol. The molecule has 4 nitrogen and oxygen atoms in total. The molecular weight excluding hydrogens is 293 g/mol. The highest BCUT2D eigenvalue weighted by atomic mass is 19.1. The zero-order valence-electron chi connectivity index (χ0n) is 13.9. The van der Waals surface area contributed by atoms with Crippen LogP contribution in [0.15, 0.2) is 36.9 Å². The van der Waals surface area contributed by atoms with Gasteiger partial charge in [0.05, 0.1) is 0 Å². The van der Waals surface area contributed by atoms with Crippen molar-refractivity contribution < 1.29 is 9.18 Å². The minimum Gasteiger partial charge on any atom is -0.335 e. The van der Waals surface area contributed by atoms with Gasteiger partial charge in [0, 0.05) is 31.6 Å². The molecule has 2 unspecified atom stereocenters. The number of nitrogens with one attached hydrogen (secondary N) is 2. The van der Waals surface area contributed by atoms with Gasteiger partial charge in [0.25, 0.3) is 0 Å². The van der Waals surface area contributed by atoms with Gasteiger partial charge in [-0.15, -0.1) is 6.58 Å². The van der Waals surface area contributed by atoms with Crippen molar-refractivity contribution in [3.63, 3.8) is 0 Å². The van der Waals surface area contributed by atoms with Gasteiger partial charge in [-0.1, -0.05) is 18.2 Å². The summed E-state index contributed by atoms with van der Waals surface area (Å²) in [5.74, 6) is 0.287. The Morgan fingerprint density at radius 2 is 1.87 bits per heavy atom. The highest BCUT2D eigenvalue weighted by molar-refractivity contribution is 5.76. The molecule has 1 aromatic rings. The van der Waals surface area contributed by atoms with Crippen molar-refractivity contribution in [3.8, 4) is 0 Å². The SMILES string of the molecule is C=CCN(Cc1ccc(F)cc1)C(=O)CCC1C(C)NNC1C. The second kappa shape index (κ2) is 8.22. The third-order valence-electron chi connectivity index (χ3n) is 4.50. The van der Waals surface area contributed by atoms with Crippen molar-refractivity contribution in [1.82, 2.24) is 15.8 Å². The van der Waals surface area contributed by atoms with E-state index in [9.17, 15) is 9.18 Å². The maximum Gasteiger partial charge on any atom is 0.223 e. The minimum absolute atomic E-state index is 0.112. The van der Waals surface area contributed by atoms with Gasteiger partial charge in [0.1, 0.15) is 5.82 Å². The summed E-state index contributed by atoms with van der Waals surface area (Å²) < 4.78 is 13.0. The number of carbonyl (C=O) groups is 1. The van der Waals surface area contributed by atoms with E-state index in [1.807, 2.05) is 0 Å². The van der Waals surface area contributed by atoms with Gasteiger partial charge in [0.2, 0.25) is 5.91 Å². The maximum atomic E-state index is 13.0. The number of hydrazine groups is 1. The number of carbonyl (C=O) groups excluding carboxylic acids is 1. The Labute approximate surface area is 137 Å². The highest BCUT2D eigenvalue weighted by Gasteiger charge is 2.30. The van der Waals surface area contributed by atoms with E-state index >= 15 is 0 Å². The predicted octanol–water partition coefficient (Wildman–Crippen LogP) is 2.62. The lowest BCUT2D eigenvalue weighted by Gasteiger charge is -2.23. The molecule has 2 N–H and O–H groups in total. The van der Waals surface area contributed by atoms with Crippen LogP contribution in [-0.2, 0) is 11.3 Å². The average Bonchev–Trinajstić information content (AvgIpc) is 2.85. The van der Waals surface area contributed by atoms with Crippen molar-refractivity contribution in [2.24, 2.45) is 5.92 Å². The standard InChI is InChI=1S/C18H26FN3O/c1-4-11-22(12-15-5-7-16(19)8-6-15)18(23)10-9-17-13(2)20-21-14(17)3/h4-8,13-14,17,20-21H,1,9-12H2,2-3H3. The summed E-state index contributed by atoms with van der Waals surface area (Å²) in [5, 5.41) is 0. The lowest BCUT2D eigenvalue weighted by atomic mass is 9.91. The van der Waals surface area contributed by atoms with E-state index in [0.29, 0.717) is 37.5 Å². The molecule has 1 saturated heterocycles. The maximum absolute atomic E-state index is 13.0. The molecule has 0 aromatic heterocycles. The van der Waals surface area contributed by atoms with E-state index in [1.54, 1.807) is 23.1 Å². The Morgan fingerprint density at radius 3 is 2.43 bits per heavy atom. The van der Waals surface area contributed by atoms with Crippen LogP contribution in [0.2, 0.25) is 0 Å². The molecule has 1 aliphatic rings. The number of amides is 1. The molecule has 2 rings (SSSR count). The Morgan fingerprint density at radius 1 is 1.26 bits per heavy atom. The minimum atomic E-state index is -0.264. The lowest BCUT2D eigenvalue weighted by molar-refractivity contribution is -0.131. The Balaban J connectivity index is 1.92. The summed E-state index contributed by atoms with van der Waals surface area (Å²) in [6.45, 7) is 8.97. The fourth-order valence-electron chi connectivity index (χ4n) is 3.08. The van der Waals surface area contributed by atoms with E-state index in [-0.39, 0.29) is 11.7 Å². The first kappa shape index (κ1) is 17.6. The molecule has 23 heavy (non-hydrogen) atoms. The number of hydrogen-bond acceptors (Lipinski definition) is 3. The Bertz CT molecular complexity index is 522. The summed E-state index contributed by atoms with van der Waals surface area (Å²) in [7, 11) is 0. The van der Waals surface area contributed by atoms with Crippen molar-refractivity contribution in [3.05, 3.63) is 48.3 Å². The molecule has 1 fully saturated rings. The molecule has 1 amide bonds. The van der Waals surface area contributed by atoms with Crippen LogP contribution in [0.4, 0.5) is 4.39 Å². The first-order valence-corrected chi connectivity index (χ1v) is 8.15. The van der Waals surface area contributed by atoms with Crippen LogP contribution in [0.5, 0.6) is 0 Å². The molecule has 5 heteroatoms. The molecule has 0 saturated carbocycles. The van der Waals surface area contributed by atoms with Crippen LogP contribution in [0.1, 0.15) is 32.3 Å². The molecule has 126 valence electrons. The summed E-state index contributed by atoms with van der Waals surface area (Å²) >= 11 is 0. The second-order valence-electron chi connectivity index (χ2n) is 6.26. The van der Waals surface area contributed by atoms with E-state index in [1.165, 1.54) is 12.1 Å². The largest absolute Gasteiger partial charge is 0.335 e. The molecular formula is C18H26FN3O. The number of hydrogen-bond donors (Lipinski definition) is 2. The van der Waals surface area contributed by atoms with Gasteiger partial charge in [-0.25, -0.2) is 4.39 Å². The van der Waals surface area contributed by atoms with Gasteiger partial charge in [0.15, 0.2) is 0 Å². The Hall–Kier alpha value is -1.72. The van der Waals surface area contributed by atoms with Crippen LogP contribution < -0.4 is 10.9 Å². The van der Waals surface area contributed by atoms with Crippen molar-refractivity contribution in [2.45, 2.75) is 45.3 Å². The van der Waals surface area contributed by atoms with Crippen LogP contribution in [0.3, 0.4) is 0 Å². The number of nitrogens with zero attached hydrogens (tertiary/aromatic N) is 1. The molecule has 0 aliphatic carbocycles. The van der Waals surface area contributed by atoms with E-state index < -0.39 is 0 Å². The van der Waals surface area contributed by atoms with Crippen LogP contribution in [0, 0.1) is 11.7 Å². The van der Waals surface area contributed by atoms with Crippen LogP contribution in [-0.4, -0.2) is 29.4 Å². The monoisotopic (exact) mass is 319 g/mol.